The maximum atomic E-state index is 11.5. The van der Waals surface area contributed by atoms with Gasteiger partial charge in [-0.25, -0.2) is 0 Å². The Morgan fingerprint density at radius 3 is 2.90 bits per heavy atom. The summed E-state index contributed by atoms with van der Waals surface area (Å²) in [5.41, 5.74) is 0.843. The van der Waals surface area contributed by atoms with Gasteiger partial charge in [0.25, 0.3) is 0 Å². The summed E-state index contributed by atoms with van der Waals surface area (Å²) in [6, 6.07) is 1.95. The van der Waals surface area contributed by atoms with Crippen molar-refractivity contribution in [1.29, 1.82) is 0 Å². The van der Waals surface area contributed by atoms with Crippen molar-refractivity contribution in [3.63, 3.8) is 0 Å². The van der Waals surface area contributed by atoms with Gasteiger partial charge in [-0.05, 0) is 32.1 Å². The van der Waals surface area contributed by atoms with E-state index in [-0.39, 0.29) is 18.4 Å². The molecule has 1 N–H and O–H groups in total. The normalized spacial score (nSPS) is 29.8. The Morgan fingerprint density at radius 1 is 1.50 bits per heavy atom. The Kier molecular flexibility index (Phi) is 4.70. The molecule has 0 amide bonds. The highest BCUT2D eigenvalue weighted by molar-refractivity contribution is 5.85. The van der Waals surface area contributed by atoms with Crippen LogP contribution in [0.5, 0.6) is 0 Å². The summed E-state index contributed by atoms with van der Waals surface area (Å²) in [4.78, 5) is 13.6. The summed E-state index contributed by atoms with van der Waals surface area (Å²) in [5, 5.41) is 13.4. The molecule has 1 aliphatic carbocycles. The van der Waals surface area contributed by atoms with E-state index in [1.165, 1.54) is 19.3 Å². The number of nitrogens with zero attached hydrogens (tertiary/aromatic N) is 2. The number of aryl methyl sites for hydroxylation is 1. The summed E-state index contributed by atoms with van der Waals surface area (Å²) in [5.74, 6) is 0.624. The van der Waals surface area contributed by atoms with E-state index in [0.29, 0.717) is 18.5 Å². The maximum Gasteiger partial charge on any atom is 0.320 e. The monoisotopic (exact) mass is 300 g/mol. The number of aromatic nitrogens is 1. The fraction of sp³-hybridized carbons (Fsp3) is 0.714. The summed E-state index contributed by atoms with van der Waals surface area (Å²) in [6.45, 7) is 2.45. The number of hydrogen-bond acceptors (Lipinski definition) is 4. The summed E-state index contributed by atoms with van der Waals surface area (Å²) >= 11 is 0. The van der Waals surface area contributed by atoms with Crippen LogP contribution in [0.1, 0.15) is 43.6 Å². The molecule has 2 fully saturated rings. The van der Waals surface area contributed by atoms with Crippen LogP contribution in [0, 0.1) is 12.8 Å². The van der Waals surface area contributed by atoms with Crippen molar-refractivity contribution in [2.24, 2.45) is 5.92 Å². The molecule has 1 aromatic rings. The molecule has 5 nitrogen and oxygen atoms in total. The van der Waals surface area contributed by atoms with Crippen molar-refractivity contribution in [1.82, 2.24) is 10.1 Å². The van der Waals surface area contributed by atoms with Crippen LogP contribution in [0.25, 0.3) is 0 Å². The molecule has 1 saturated heterocycles. The lowest BCUT2D eigenvalue weighted by molar-refractivity contribution is -0.142. The Labute approximate surface area is 124 Å². The number of likely N-dealkylation sites (tertiary alicyclic amines) is 1. The molecule has 1 aromatic heterocycles. The van der Waals surface area contributed by atoms with E-state index in [1.54, 1.807) is 0 Å². The quantitative estimate of drug-likeness (QED) is 0.929. The molecule has 20 heavy (non-hydrogen) atoms. The molecule has 0 radical (unpaired) electrons. The van der Waals surface area contributed by atoms with E-state index < -0.39 is 5.97 Å². The first-order chi connectivity index (χ1) is 9.15. The van der Waals surface area contributed by atoms with E-state index in [4.69, 9.17) is 4.52 Å². The zero-order valence-corrected chi connectivity index (χ0v) is 12.4. The third kappa shape index (κ3) is 2.83. The fourth-order valence-corrected chi connectivity index (χ4v) is 3.70. The predicted octanol–water partition coefficient (Wildman–Crippen LogP) is 2.62. The number of hydrogen-bond donors (Lipinski definition) is 1. The lowest BCUT2D eigenvalue weighted by atomic mass is 9.85. The van der Waals surface area contributed by atoms with Crippen LogP contribution < -0.4 is 0 Å². The average Bonchev–Trinajstić information content (AvgIpc) is 2.95. The van der Waals surface area contributed by atoms with Gasteiger partial charge < -0.3 is 9.63 Å². The number of carboxylic acid groups (broad SMARTS) is 1. The Balaban J connectivity index is 0.00000147. The number of aliphatic carboxylic acids is 1. The largest absolute Gasteiger partial charge is 0.480 e. The lowest BCUT2D eigenvalue weighted by Gasteiger charge is -2.32. The molecule has 1 aliphatic heterocycles. The zero-order chi connectivity index (χ0) is 13.4. The molecular weight excluding hydrogens is 280 g/mol. The summed E-state index contributed by atoms with van der Waals surface area (Å²) in [7, 11) is 0. The van der Waals surface area contributed by atoms with Crippen LogP contribution in [0.4, 0.5) is 0 Å². The third-order valence-corrected chi connectivity index (χ3v) is 4.53. The highest BCUT2D eigenvalue weighted by Crippen LogP contribution is 2.40. The van der Waals surface area contributed by atoms with Gasteiger partial charge in [0.15, 0.2) is 0 Å². The van der Waals surface area contributed by atoms with Crippen LogP contribution in [-0.4, -0.2) is 33.2 Å². The van der Waals surface area contributed by atoms with Gasteiger partial charge in [0.1, 0.15) is 11.8 Å². The summed E-state index contributed by atoms with van der Waals surface area (Å²) in [6.07, 6.45) is 5.52. The maximum absolute atomic E-state index is 11.5. The molecule has 0 bridgehead atoms. The highest BCUT2D eigenvalue weighted by atomic mass is 35.5. The van der Waals surface area contributed by atoms with E-state index in [9.17, 15) is 9.90 Å². The molecule has 112 valence electrons. The molecular formula is C14H21ClN2O3. The fourth-order valence-electron chi connectivity index (χ4n) is 3.70. The SMILES string of the molecule is Cc1cc(CN2C(C(=O)O)CC3CCCCC32)no1.Cl. The lowest BCUT2D eigenvalue weighted by Crippen LogP contribution is -2.41. The minimum atomic E-state index is -0.699. The van der Waals surface area contributed by atoms with Crippen LogP contribution >= 0.6 is 12.4 Å². The topological polar surface area (TPSA) is 66.6 Å². The third-order valence-electron chi connectivity index (χ3n) is 4.53. The van der Waals surface area contributed by atoms with Crippen LogP contribution in [0.2, 0.25) is 0 Å². The number of rotatable bonds is 3. The average molecular weight is 301 g/mol. The Bertz CT molecular complexity index is 477. The van der Waals surface area contributed by atoms with Gasteiger partial charge in [0, 0.05) is 18.7 Å². The Morgan fingerprint density at radius 2 is 2.25 bits per heavy atom. The van der Waals surface area contributed by atoms with Gasteiger partial charge in [-0.15, -0.1) is 12.4 Å². The van der Waals surface area contributed by atoms with Gasteiger partial charge in [0.05, 0.1) is 5.69 Å². The minimum absolute atomic E-state index is 0. The molecule has 3 unspecified atom stereocenters. The molecule has 3 rings (SSSR count). The zero-order valence-electron chi connectivity index (χ0n) is 11.6. The first-order valence-electron chi connectivity index (χ1n) is 7.06. The first-order valence-corrected chi connectivity index (χ1v) is 7.06. The molecule has 2 heterocycles. The second kappa shape index (κ2) is 6.14. The van der Waals surface area contributed by atoms with Crippen LogP contribution in [-0.2, 0) is 11.3 Å². The van der Waals surface area contributed by atoms with Crippen molar-refractivity contribution in [2.45, 2.75) is 57.7 Å². The van der Waals surface area contributed by atoms with Gasteiger partial charge in [-0.3, -0.25) is 9.69 Å². The van der Waals surface area contributed by atoms with Crippen LogP contribution in [0.3, 0.4) is 0 Å². The highest BCUT2D eigenvalue weighted by Gasteiger charge is 2.45. The van der Waals surface area contributed by atoms with E-state index >= 15 is 0 Å². The smallest absolute Gasteiger partial charge is 0.320 e. The van der Waals surface area contributed by atoms with Gasteiger partial charge >= 0.3 is 5.97 Å². The molecule has 3 atom stereocenters. The number of carboxylic acids is 1. The van der Waals surface area contributed by atoms with Gasteiger partial charge in [-0.1, -0.05) is 18.0 Å². The molecule has 6 heteroatoms. The molecule has 0 spiro atoms. The minimum Gasteiger partial charge on any atom is -0.480 e. The van der Waals surface area contributed by atoms with Crippen molar-refractivity contribution in [2.75, 3.05) is 0 Å². The Hall–Kier alpha value is -1.07. The first kappa shape index (κ1) is 15.3. The van der Waals surface area contributed by atoms with Crippen molar-refractivity contribution < 1.29 is 14.4 Å². The van der Waals surface area contributed by atoms with Crippen molar-refractivity contribution in [3.05, 3.63) is 17.5 Å². The predicted molar refractivity (Wildman–Crippen MR) is 75.8 cm³/mol. The second-order valence-electron chi connectivity index (χ2n) is 5.80. The van der Waals surface area contributed by atoms with Crippen molar-refractivity contribution >= 4 is 18.4 Å². The summed E-state index contributed by atoms with van der Waals surface area (Å²) < 4.78 is 5.08. The van der Waals surface area contributed by atoms with E-state index in [2.05, 4.69) is 10.1 Å². The molecule has 0 aromatic carbocycles. The number of carbonyl (C=O) groups is 1. The van der Waals surface area contributed by atoms with Crippen LogP contribution in [0.15, 0.2) is 10.6 Å². The number of fused-ring (bicyclic) bond motifs is 1. The molecule has 2 aliphatic rings. The van der Waals surface area contributed by atoms with E-state index in [1.807, 2.05) is 13.0 Å². The number of halogens is 1. The standard InChI is InChI=1S/C14H20N2O3.ClH/c1-9-6-11(15-19-9)8-16-12-5-3-2-4-10(12)7-13(16)14(17)18;/h6,10,12-13H,2-5,7-8H2,1H3,(H,17,18);1H. The van der Waals surface area contributed by atoms with E-state index in [0.717, 1.165) is 24.3 Å². The van der Waals surface area contributed by atoms with Gasteiger partial charge in [0.2, 0.25) is 0 Å². The van der Waals surface area contributed by atoms with Gasteiger partial charge in [-0.2, -0.15) is 0 Å². The molecule has 1 saturated carbocycles. The second-order valence-corrected chi connectivity index (χ2v) is 5.80. The van der Waals surface area contributed by atoms with Crippen molar-refractivity contribution in [3.8, 4) is 0 Å².